The number of amides is 1. The first-order chi connectivity index (χ1) is 13.8. The molecule has 1 spiro atoms. The maximum absolute atomic E-state index is 12.7. The molecular weight excluding hydrogens is 388 g/mol. The molecule has 150 valence electrons. The van der Waals surface area contributed by atoms with Crippen LogP contribution >= 0.6 is 11.6 Å². The molecular formula is C23H23ClN2O3. The predicted molar refractivity (Wildman–Crippen MR) is 113 cm³/mol. The van der Waals surface area contributed by atoms with Crippen molar-refractivity contribution in [3.63, 3.8) is 0 Å². The molecule has 6 heteroatoms. The van der Waals surface area contributed by atoms with Crippen LogP contribution in [0.4, 0.5) is 0 Å². The molecule has 0 unspecified atom stereocenters. The third-order valence-electron chi connectivity index (χ3n) is 5.96. The van der Waals surface area contributed by atoms with Crippen LogP contribution < -0.4 is 11.5 Å². The fraction of sp³-hybridized carbons (Fsp3) is 0.304. The maximum Gasteiger partial charge on any atom is 0.341 e. The minimum Gasteiger partial charge on any atom is -0.449 e. The van der Waals surface area contributed by atoms with E-state index in [-0.39, 0.29) is 5.97 Å². The van der Waals surface area contributed by atoms with Crippen molar-refractivity contribution in [3.05, 3.63) is 63.8 Å². The Morgan fingerprint density at radius 2 is 1.83 bits per heavy atom. The average molecular weight is 411 g/mol. The lowest BCUT2D eigenvalue weighted by Gasteiger charge is -2.32. The highest BCUT2D eigenvalue weighted by Crippen LogP contribution is 2.45. The normalized spacial score (nSPS) is 18.2. The zero-order valence-corrected chi connectivity index (χ0v) is 17.0. The number of rotatable bonds is 3. The molecule has 2 aromatic rings. The summed E-state index contributed by atoms with van der Waals surface area (Å²) in [6.45, 7) is 1.91. The van der Waals surface area contributed by atoms with E-state index in [1.165, 1.54) is 0 Å². The maximum atomic E-state index is 12.7. The summed E-state index contributed by atoms with van der Waals surface area (Å²) in [6.07, 6.45) is 4.65. The smallest absolute Gasteiger partial charge is 0.341 e. The van der Waals surface area contributed by atoms with Gasteiger partial charge in [0.05, 0.1) is 11.3 Å². The number of hydrogen-bond donors (Lipinski definition) is 2. The molecule has 1 amide bonds. The second-order valence-corrected chi connectivity index (χ2v) is 8.23. The van der Waals surface area contributed by atoms with Crippen LogP contribution in [-0.4, -0.2) is 17.5 Å². The molecule has 0 saturated heterocycles. The van der Waals surface area contributed by atoms with Crippen molar-refractivity contribution in [2.24, 2.45) is 11.5 Å². The molecule has 0 bridgehead atoms. The second kappa shape index (κ2) is 7.23. The SMILES string of the molecule is Cc1cc(-c2cccc(C(N)=O)c2)c(Cl)cc1C1=C(N)C2(CCCCC2)OC1=O. The molecule has 0 radical (unpaired) electrons. The number of esters is 1. The van der Waals surface area contributed by atoms with Crippen molar-refractivity contribution >= 4 is 29.1 Å². The predicted octanol–water partition coefficient (Wildman–Crippen LogP) is 4.34. The molecule has 4 rings (SSSR count). The summed E-state index contributed by atoms with van der Waals surface area (Å²) in [7, 11) is 0. The van der Waals surface area contributed by atoms with Crippen LogP contribution in [0.1, 0.15) is 53.6 Å². The van der Waals surface area contributed by atoms with E-state index in [4.69, 9.17) is 27.8 Å². The number of primary amides is 1. The van der Waals surface area contributed by atoms with Crippen molar-refractivity contribution in [2.75, 3.05) is 0 Å². The Balaban J connectivity index is 1.79. The number of halogens is 1. The van der Waals surface area contributed by atoms with E-state index in [1.807, 2.05) is 19.1 Å². The Morgan fingerprint density at radius 3 is 2.52 bits per heavy atom. The van der Waals surface area contributed by atoms with Gasteiger partial charge in [0.25, 0.3) is 0 Å². The Morgan fingerprint density at radius 1 is 1.10 bits per heavy atom. The number of carbonyl (C=O) groups excluding carboxylic acids is 2. The van der Waals surface area contributed by atoms with Gasteiger partial charge in [-0.3, -0.25) is 4.79 Å². The summed E-state index contributed by atoms with van der Waals surface area (Å²) in [5.41, 5.74) is 15.6. The van der Waals surface area contributed by atoms with E-state index in [1.54, 1.807) is 24.3 Å². The van der Waals surface area contributed by atoms with Gasteiger partial charge in [-0.2, -0.15) is 0 Å². The van der Waals surface area contributed by atoms with Crippen molar-refractivity contribution < 1.29 is 14.3 Å². The van der Waals surface area contributed by atoms with E-state index in [9.17, 15) is 9.59 Å². The van der Waals surface area contributed by atoms with Gasteiger partial charge in [-0.1, -0.05) is 30.2 Å². The molecule has 2 aromatic carbocycles. The number of ether oxygens (including phenoxy) is 1. The van der Waals surface area contributed by atoms with Gasteiger partial charge >= 0.3 is 5.97 Å². The van der Waals surface area contributed by atoms with Gasteiger partial charge in [0.15, 0.2) is 5.60 Å². The molecule has 0 aromatic heterocycles. The van der Waals surface area contributed by atoms with Crippen molar-refractivity contribution in [3.8, 4) is 11.1 Å². The third kappa shape index (κ3) is 3.29. The number of nitrogens with two attached hydrogens (primary N) is 2. The number of hydrogen-bond acceptors (Lipinski definition) is 4. The second-order valence-electron chi connectivity index (χ2n) is 7.83. The zero-order chi connectivity index (χ0) is 20.8. The molecule has 4 N–H and O–H groups in total. The van der Waals surface area contributed by atoms with E-state index in [0.29, 0.717) is 27.4 Å². The van der Waals surface area contributed by atoms with Crippen LogP contribution in [0, 0.1) is 6.92 Å². The quantitative estimate of drug-likeness (QED) is 0.735. The number of benzene rings is 2. The highest BCUT2D eigenvalue weighted by Gasteiger charge is 2.47. The summed E-state index contributed by atoms with van der Waals surface area (Å²) in [5, 5.41) is 0.463. The van der Waals surface area contributed by atoms with E-state index in [0.717, 1.165) is 48.8 Å². The first-order valence-corrected chi connectivity index (χ1v) is 10.1. The van der Waals surface area contributed by atoms with Gasteiger partial charge in [-0.05, 0) is 73.6 Å². The van der Waals surface area contributed by atoms with Crippen molar-refractivity contribution in [1.29, 1.82) is 0 Å². The average Bonchev–Trinajstić information content (AvgIpc) is 2.93. The summed E-state index contributed by atoms with van der Waals surface area (Å²) in [4.78, 5) is 24.2. The summed E-state index contributed by atoms with van der Waals surface area (Å²) < 4.78 is 5.79. The molecule has 5 nitrogen and oxygen atoms in total. The fourth-order valence-electron chi connectivity index (χ4n) is 4.38. The van der Waals surface area contributed by atoms with Crippen molar-refractivity contribution in [2.45, 2.75) is 44.6 Å². The van der Waals surface area contributed by atoms with E-state index >= 15 is 0 Å². The van der Waals surface area contributed by atoms with Crippen LogP contribution in [0.2, 0.25) is 5.02 Å². The van der Waals surface area contributed by atoms with Gasteiger partial charge < -0.3 is 16.2 Å². The molecule has 29 heavy (non-hydrogen) atoms. The van der Waals surface area contributed by atoms with E-state index < -0.39 is 11.5 Å². The lowest BCUT2D eigenvalue weighted by molar-refractivity contribution is -0.147. The summed E-state index contributed by atoms with van der Waals surface area (Å²) >= 11 is 6.59. The molecule has 2 aliphatic rings. The zero-order valence-electron chi connectivity index (χ0n) is 16.3. The lowest BCUT2D eigenvalue weighted by atomic mass is 9.81. The summed E-state index contributed by atoms with van der Waals surface area (Å²) in [6, 6.07) is 10.6. The highest BCUT2D eigenvalue weighted by molar-refractivity contribution is 6.34. The Kier molecular flexibility index (Phi) is 4.87. The number of aryl methyl sites for hydroxylation is 1. The Bertz CT molecular complexity index is 1050. The van der Waals surface area contributed by atoms with Gasteiger partial charge in [0.2, 0.25) is 5.91 Å². The van der Waals surface area contributed by atoms with Gasteiger partial charge in [-0.25, -0.2) is 4.79 Å². The van der Waals surface area contributed by atoms with Crippen LogP contribution in [0.5, 0.6) is 0 Å². The first-order valence-electron chi connectivity index (χ1n) is 9.77. The van der Waals surface area contributed by atoms with Gasteiger partial charge in [-0.15, -0.1) is 0 Å². The molecule has 1 heterocycles. The van der Waals surface area contributed by atoms with Crippen LogP contribution in [0.3, 0.4) is 0 Å². The molecule has 0 atom stereocenters. The number of carbonyl (C=O) groups is 2. The topological polar surface area (TPSA) is 95.4 Å². The molecule has 1 fully saturated rings. The van der Waals surface area contributed by atoms with Crippen LogP contribution in [-0.2, 0) is 9.53 Å². The summed E-state index contributed by atoms with van der Waals surface area (Å²) in [5.74, 6) is -0.882. The van der Waals surface area contributed by atoms with Crippen molar-refractivity contribution in [1.82, 2.24) is 0 Å². The molecule has 1 aliphatic carbocycles. The largest absolute Gasteiger partial charge is 0.449 e. The molecule has 1 aliphatic heterocycles. The lowest BCUT2D eigenvalue weighted by Crippen LogP contribution is -2.37. The third-order valence-corrected chi connectivity index (χ3v) is 6.27. The monoisotopic (exact) mass is 410 g/mol. The highest BCUT2D eigenvalue weighted by atomic mass is 35.5. The Hall–Kier alpha value is -2.79. The first kappa shape index (κ1) is 19.5. The van der Waals surface area contributed by atoms with Crippen LogP contribution in [0.25, 0.3) is 16.7 Å². The Labute approximate surface area is 174 Å². The standard InChI is InChI=1S/C23H23ClN2O3/c1-13-10-17(14-6-5-7-15(11-14)21(26)27)18(24)12-16(13)19-20(25)23(29-22(19)28)8-3-2-4-9-23/h5-7,10-12H,2-4,8-9,25H2,1H3,(H2,26,27). The van der Waals surface area contributed by atoms with Gasteiger partial charge in [0.1, 0.15) is 0 Å². The van der Waals surface area contributed by atoms with Gasteiger partial charge in [0, 0.05) is 16.1 Å². The minimum atomic E-state index is -0.669. The van der Waals surface area contributed by atoms with E-state index in [2.05, 4.69) is 0 Å². The fourth-order valence-corrected chi connectivity index (χ4v) is 4.66. The minimum absolute atomic E-state index is 0.382. The van der Waals surface area contributed by atoms with Crippen LogP contribution in [0.15, 0.2) is 42.1 Å². The molecule has 1 saturated carbocycles.